The van der Waals surface area contributed by atoms with Gasteiger partial charge in [-0.15, -0.1) is 6.58 Å². The van der Waals surface area contributed by atoms with Crippen molar-refractivity contribution in [2.45, 2.75) is 85.9 Å². The number of nitrogens with zero attached hydrogens (tertiary/aromatic N) is 3. The summed E-state index contributed by atoms with van der Waals surface area (Å²) in [7, 11) is 0. The molecule has 2 aromatic rings. The van der Waals surface area contributed by atoms with Crippen LogP contribution >= 0.6 is 0 Å². The van der Waals surface area contributed by atoms with Crippen molar-refractivity contribution in [2.24, 2.45) is 5.92 Å². The normalized spacial score (nSPS) is 16.7. The molecule has 1 aliphatic heterocycles. The number of oxazole rings is 2. The number of allylic oxidation sites excluding steroid dienone is 1. The molecule has 2 aromatic heterocycles. The van der Waals surface area contributed by atoms with Gasteiger partial charge in [-0.25, -0.2) is 14.8 Å². The van der Waals surface area contributed by atoms with Crippen molar-refractivity contribution in [3.05, 3.63) is 47.4 Å². The summed E-state index contributed by atoms with van der Waals surface area (Å²) in [5.41, 5.74) is 1.18. The van der Waals surface area contributed by atoms with Gasteiger partial charge < -0.3 is 18.5 Å². The summed E-state index contributed by atoms with van der Waals surface area (Å²) in [6.07, 6.45) is 5.22. The first-order chi connectivity index (χ1) is 17.3. The molecule has 202 valence electrons. The lowest BCUT2D eigenvalue weighted by Gasteiger charge is -2.34. The minimum atomic E-state index is -0.561. The molecule has 0 aromatic carbocycles. The number of esters is 1. The number of carbonyl (C=O) groups excluding carboxylic acids is 2. The third-order valence-electron chi connectivity index (χ3n) is 6.50. The Morgan fingerprint density at radius 1 is 1.22 bits per heavy atom. The molecule has 9 heteroatoms. The fourth-order valence-corrected chi connectivity index (χ4v) is 4.24. The number of nitrogens with one attached hydrogen (secondary N) is 1. The highest BCUT2D eigenvalue weighted by Crippen LogP contribution is 2.36. The molecular weight excluding hydrogens is 472 g/mol. The van der Waals surface area contributed by atoms with E-state index in [1.807, 2.05) is 58.6 Å². The van der Waals surface area contributed by atoms with Gasteiger partial charge in [0.25, 0.3) is 0 Å². The van der Waals surface area contributed by atoms with Crippen molar-refractivity contribution in [1.29, 1.82) is 0 Å². The largest absolute Gasteiger partial charge is 0.457 e. The topological polar surface area (TPSA) is 111 Å². The number of carbonyl (C=O) groups is 2. The Balaban J connectivity index is 1.83. The SMILES string of the molecule is C=CC(C)(C)NC(C(=O)N1CCC[C@H]1c1nc(-c2nc(C(=O)OCC=C(C)C)c(C)o2)c(C)o1)C(C)C. The second-order valence-electron chi connectivity index (χ2n) is 10.7. The summed E-state index contributed by atoms with van der Waals surface area (Å²) >= 11 is 0. The minimum Gasteiger partial charge on any atom is -0.457 e. The van der Waals surface area contributed by atoms with Crippen molar-refractivity contribution in [3.8, 4) is 11.6 Å². The highest BCUT2D eigenvalue weighted by atomic mass is 16.5. The third-order valence-corrected chi connectivity index (χ3v) is 6.50. The quantitative estimate of drug-likeness (QED) is 0.337. The highest BCUT2D eigenvalue weighted by molar-refractivity contribution is 5.89. The van der Waals surface area contributed by atoms with Gasteiger partial charge in [-0.05, 0) is 66.4 Å². The van der Waals surface area contributed by atoms with E-state index in [-0.39, 0.29) is 47.6 Å². The average molecular weight is 513 g/mol. The Kier molecular flexibility index (Phi) is 8.79. The number of hydrogen-bond acceptors (Lipinski definition) is 8. The average Bonchev–Trinajstić information content (AvgIpc) is 3.54. The molecule has 1 N–H and O–H groups in total. The molecule has 1 amide bonds. The number of ether oxygens (including phenoxy) is 1. The number of aromatic nitrogens is 2. The number of amides is 1. The highest BCUT2D eigenvalue weighted by Gasteiger charge is 2.39. The summed E-state index contributed by atoms with van der Waals surface area (Å²) in [5, 5.41) is 3.44. The second-order valence-corrected chi connectivity index (χ2v) is 10.7. The van der Waals surface area contributed by atoms with Gasteiger partial charge in [0.1, 0.15) is 24.2 Å². The molecule has 1 fully saturated rings. The number of hydrogen-bond donors (Lipinski definition) is 1. The molecule has 37 heavy (non-hydrogen) atoms. The van der Waals surface area contributed by atoms with Crippen LogP contribution in [0.15, 0.2) is 33.1 Å². The lowest BCUT2D eigenvalue weighted by atomic mass is 9.97. The number of aryl methyl sites for hydroxylation is 2. The van der Waals surface area contributed by atoms with Crippen LogP contribution in [0.25, 0.3) is 11.6 Å². The van der Waals surface area contributed by atoms with E-state index in [0.717, 1.165) is 18.4 Å². The lowest BCUT2D eigenvalue weighted by Crippen LogP contribution is -2.55. The van der Waals surface area contributed by atoms with Crippen molar-refractivity contribution < 1.29 is 23.2 Å². The smallest absolute Gasteiger partial charge is 0.360 e. The summed E-state index contributed by atoms with van der Waals surface area (Å²) < 4.78 is 17.1. The molecule has 3 rings (SSSR count). The molecule has 0 aliphatic carbocycles. The first kappa shape index (κ1) is 28.4. The molecule has 1 aliphatic rings. The van der Waals surface area contributed by atoms with Gasteiger partial charge in [-0.2, -0.15) is 0 Å². The van der Waals surface area contributed by atoms with Crippen LogP contribution in [0.4, 0.5) is 0 Å². The van der Waals surface area contributed by atoms with Crippen molar-refractivity contribution in [3.63, 3.8) is 0 Å². The molecular formula is C28H40N4O5. The van der Waals surface area contributed by atoms with E-state index >= 15 is 0 Å². The van der Waals surface area contributed by atoms with Crippen LogP contribution in [0.3, 0.4) is 0 Å². The second kappa shape index (κ2) is 11.5. The fraction of sp³-hybridized carbons (Fsp3) is 0.571. The van der Waals surface area contributed by atoms with E-state index in [2.05, 4.69) is 21.9 Å². The molecule has 2 atom stereocenters. The Bertz CT molecular complexity index is 1170. The van der Waals surface area contributed by atoms with Crippen molar-refractivity contribution >= 4 is 11.9 Å². The van der Waals surface area contributed by atoms with E-state index in [4.69, 9.17) is 13.6 Å². The first-order valence-electron chi connectivity index (χ1n) is 12.8. The van der Waals surface area contributed by atoms with Crippen molar-refractivity contribution in [1.82, 2.24) is 20.2 Å². The summed E-state index contributed by atoms with van der Waals surface area (Å²) in [6, 6.07) is -0.669. The van der Waals surface area contributed by atoms with Gasteiger partial charge in [-0.1, -0.05) is 25.5 Å². The van der Waals surface area contributed by atoms with Gasteiger partial charge in [0.05, 0.1) is 6.04 Å². The van der Waals surface area contributed by atoms with Crippen LogP contribution < -0.4 is 5.32 Å². The predicted octanol–water partition coefficient (Wildman–Crippen LogP) is 5.31. The molecule has 1 unspecified atom stereocenters. The minimum absolute atomic E-state index is 0.0122. The number of rotatable bonds is 10. The predicted molar refractivity (Wildman–Crippen MR) is 141 cm³/mol. The maximum absolute atomic E-state index is 13.7. The maximum Gasteiger partial charge on any atom is 0.360 e. The summed E-state index contributed by atoms with van der Waals surface area (Å²) in [5.74, 6) is 1.00. The molecule has 0 spiro atoms. The molecule has 0 radical (unpaired) electrons. The van der Waals surface area contributed by atoms with Crippen LogP contribution in [-0.4, -0.2) is 51.5 Å². The summed E-state index contributed by atoms with van der Waals surface area (Å²) in [4.78, 5) is 37.0. The number of likely N-dealkylation sites (tertiary alicyclic amines) is 1. The lowest BCUT2D eigenvalue weighted by molar-refractivity contribution is -0.136. The molecule has 1 saturated heterocycles. The van der Waals surface area contributed by atoms with Gasteiger partial charge in [-0.3, -0.25) is 10.1 Å². The first-order valence-corrected chi connectivity index (χ1v) is 12.8. The van der Waals surface area contributed by atoms with Crippen LogP contribution in [0.5, 0.6) is 0 Å². The molecule has 3 heterocycles. The Hall–Kier alpha value is -3.20. The molecule has 0 bridgehead atoms. The van der Waals surface area contributed by atoms with E-state index in [1.54, 1.807) is 13.8 Å². The maximum atomic E-state index is 13.7. The van der Waals surface area contributed by atoms with E-state index < -0.39 is 5.97 Å². The fourth-order valence-electron chi connectivity index (χ4n) is 4.24. The molecule has 9 nitrogen and oxygen atoms in total. The van der Waals surface area contributed by atoms with Gasteiger partial charge in [0.2, 0.25) is 17.7 Å². The zero-order chi connectivity index (χ0) is 27.5. The van der Waals surface area contributed by atoms with E-state index in [9.17, 15) is 9.59 Å². The zero-order valence-corrected chi connectivity index (χ0v) is 23.3. The van der Waals surface area contributed by atoms with Crippen molar-refractivity contribution in [2.75, 3.05) is 13.2 Å². The molecule has 0 saturated carbocycles. The van der Waals surface area contributed by atoms with Crippen LogP contribution in [0, 0.1) is 19.8 Å². The van der Waals surface area contributed by atoms with Crippen LogP contribution in [0.1, 0.15) is 88.3 Å². The Morgan fingerprint density at radius 2 is 1.92 bits per heavy atom. The van der Waals surface area contributed by atoms with E-state index in [0.29, 0.717) is 29.6 Å². The monoisotopic (exact) mass is 512 g/mol. The standard InChI is InChI=1S/C28H40N4O5/c1-10-28(8,9)31-21(17(4)5)26(33)32-14-11-12-20(32)24-29-22(18(6)36-24)25-30-23(19(7)37-25)27(34)35-15-13-16(2)3/h10,13,17,20-21,31H,1,11-12,14-15H2,2-9H3/t20-,21?/m0/s1. The van der Waals surface area contributed by atoms with Gasteiger partial charge in [0, 0.05) is 12.1 Å². The van der Waals surface area contributed by atoms with Gasteiger partial charge in [0.15, 0.2) is 11.4 Å². The zero-order valence-electron chi connectivity index (χ0n) is 23.3. The summed E-state index contributed by atoms with van der Waals surface area (Å²) in [6.45, 7) is 20.0. The third kappa shape index (κ3) is 6.57. The van der Waals surface area contributed by atoms with Crippen LogP contribution in [-0.2, 0) is 9.53 Å². The van der Waals surface area contributed by atoms with Crippen LogP contribution in [0.2, 0.25) is 0 Å². The Morgan fingerprint density at radius 3 is 2.54 bits per heavy atom. The Labute approximate surface area is 219 Å². The van der Waals surface area contributed by atoms with E-state index in [1.165, 1.54) is 0 Å². The van der Waals surface area contributed by atoms with Gasteiger partial charge >= 0.3 is 5.97 Å².